The minimum absolute atomic E-state index is 0.187. The number of rotatable bonds is 2. The first kappa shape index (κ1) is 11.7. The summed E-state index contributed by atoms with van der Waals surface area (Å²) >= 11 is 1.51. The summed E-state index contributed by atoms with van der Waals surface area (Å²) in [4.78, 5) is 24.2. The van der Waals surface area contributed by atoms with Crippen LogP contribution in [0.5, 0.6) is 0 Å². The van der Waals surface area contributed by atoms with Crippen molar-refractivity contribution in [3.05, 3.63) is 33.7 Å². The van der Waals surface area contributed by atoms with Crippen molar-refractivity contribution in [1.82, 2.24) is 16.0 Å². The van der Waals surface area contributed by atoms with Crippen LogP contribution in [0.25, 0.3) is 0 Å². The smallest absolute Gasteiger partial charge is 0.319 e. The lowest BCUT2D eigenvalue weighted by Crippen LogP contribution is -2.46. The number of carbonyl (C=O) groups excluding carboxylic acids is 2. The van der Waals surface area contributed by atoms with E-state index in [1.54, 1.807) is 14.0 Å². The van der Waals surface area contributed by atoms with Gasteiger partial charge in [0.1, 0.15) is 0 Å². The molecule has 0 fully saturated rings. The van der Waals surface area contributed by atoms with Gasteiger partial charge in [0.2, 0.25) is 0 Å². The molecule has 5 nitrogen and oxygen atoms in total. The van der Waals surface area contributed by atoms with Gasteiger partial charge in [-0.25, -0.2) is 4.79 Å². The highest BCUT2D eigenvalue weighted by molar-refractivity contribution is 7.10. The fraction of sp³-hybridized carbons (Fsp3) is 0.273. The molecule has 1 aromatic heterocycles. The lowest BCUT2D eigenvalue weighted by atomic mass is 10.0. The van der Waals surface area contributed by atoms with Crippen molar-refractivity contribution in [3.8, 4) is 0 Å². The van der Waals surface area contributed by atoms with Crippen LogP contribution >= 0.6 is 11.3 Å². The van der Waals surface area contributed by atoms with Gasteiger partial charge in [-0.3, -0.25) is 4.79 Å². The summed E-state index contributed by atoms with van der Waals surface area (Å²) in [7, 11) is 1.57. The Morgan fingerprint density at radius 2 is 2.29 bits per heavy atom. The molecule has 0 saturated heterocycles. The van der Waals surface area contributed by atoms with E-state index in [-0.39, 0.29) is 18.0 Å². The summed E-state index contributed by atoms with van der Waals surface area (Å²) in [6.45, 7) is 1.73. The number of carbonyl (C=O) groups is 2. The second-order valence-corrected chi connectivity index (χ2v) is 4.64. The maximum Gasteiger partial charge on any atom is 0.319 e. The van der Waals surface area contributed by atoms with Crippen LogP contribution in [-0.4, -0.2) is 19.0 Å². The average molecular weight is 251 g/mol. The van der Waals surface area contributed by atoms with Crippen LogP contribution in [-0.2, 0) is 4.79 Å². The first-order valence-corrected chi connectivity index (χ1v) is 6.05. The van der Waals surface area contributed by atoms with Crippen LogP contribution in [0.2, 0.25) is 0 Å². The Kier molecular flexibility index (Phi) is 3.14. The molecule has 2 rings (SSSR count). The molecule has 0 bridgehead atoms. The minimum Gasteiger partial charge on any atom is -0.355 e. The number of amides is 3. The Labute approximate surface area is 103 Å². The van der Waals surface area contributed by atoms with Crippen molar-refractivity contribution in [2.45, 2.75) is 13.0 Å². The zero-order valence-corrected chi connectivity index (χ0v) is 10.4. The highest BCUT2D eigenvalue weighted by Gasteiger charge is 2.30. The molecule has 1 aliphatic heterocycles. The normalized spacial score (nSPS) is 19.6. The third-order valence-corrected chi connectivity index (χ3v) is 3.51. The molecule has 2 heterocycles. The Balaban J connectivity index is 2.44. The molecule has 90 valence electrons. The Morgan fingerprint density at radius 3 is 2.88 bits per heavy atom. The Hall–Kier alpha value is -1.82. The highest BCUT2D eigenvalue weighted by atomic mass is 32.1. The molecule has 1 aliphatic rings. The van der Waals surface area contributed by atoms with Gasteiger partial charge in [0.15, 0.2) is 0 Å². The first-order valence-electron chi connectivity index (χ1n) is 5.17. The van der Waals surface area contributed by atoms with Crippen LogP contribution in [0, 0.1) is 0 Å². The Bertz CT molecular complexity index is 479. The van der Waals surface area contributed by atoms with E-state index in [9.17, 15) is 9.59 Å². The fourth-order valence-corrected chi connectivity index (χ4v) is 2.58. The number of urea groups is 1. The summed E-state index contributed by atoms with van der Waals surface area (Å²) in [6.07, 6.45) is 0. The number of nitrogens with one attached hydrogen (secondary N) is 3. The minimum atomic E-state index is -0.372. The average Bonchev–Trinajstić information content (AvgIpc) is 2.80. The van der Waals surface area contributed by atoms with Gasteiger partial charge in [-0.15, -0.1) is 11.3 Å². The predicted molar refractivity (Wildman–Crippen MR) is 65.5 cm³/mol. The van der Waals surface area contributed by atoms with E-state index >= 15 is 0 Å². The van der Waals surface area contributed by atoms with Crippen molar-refractivity contribution < 1.29 is 9.59 Å². The number of thiophene rings is 1. The topological polar surface area (TPSA) is 70.2 Å². The van der Waals surface area contributed by atoms with Gasteiger partial charge < -0.3 is 16.0 Å². The highest BCUT2D eigenvalue weighted by Crippen LogP contribution is 2.29. The number of likely N-dealkylation sites (N-methyl/N-ethyl adjacent to an activating group) is 1. The lowest BCUT2D eigenvalue weighted by molar-refractivity contribution is -0.117. The van der Waals surface area contributed by atoms with E-state index < -0.39 is 0 Å². The molecule has 3 amide bonds. The van der Waals surface area contributed by atoms with Crippen molar-refractivity contribution in [2.24, 2.45) is 0 Å². The molecule has 3 N–H and O–H groups in total. The molecule has 6 heteroatoms. The second kappa shape index (κ2) is 4.58. The lowest BCUT2D eigenvalue weighted by Gasteiger charge is -2.27. The monoisotopic (exact) mass is 251 g/mol. The summed E-state index contributed by atoms with van der Waals surface area (Å²) in [5.74, 6) is -0.187. The van der Waals surface area contributed by atoms with Crippen LogP contribution in [0.3, 0.4) is 0 Å². The number of hydrogen-bond donors (Lipinski definition) is 3. The maximum absolute atomic E-state index is 11.8. The summed E-state index contributed by atoms with van der Waals surface area (Å²) < 4.78 is 0. The van der Waals surface area contributed by atoms with E-state index in [1.165, 1.54) is 11.3 Å². The maximum atomic E-state index is 11.8. The first-order chi connectivity index (χ1) is 8.13. The SMILES string of the molecule is CNC(=O)C1=C(C)NC(=O)N[C@@H]1c1cccs1. The van der Waals surface area contributed by atoms with Crippen molar-refractivity contribution in [3.63, 3.8) is 0 Å². The predicted octanol–water partition coefficient (Wildman–Crippen LogP) is 1.12. The molecule has 1 aromatic rings. The zero-order valence-electron chi connectivity index (χ0n) is 9.53. The molecule has 1 atom stereocenters. The van der Waals surface area contributed by atoms with Crippen molar-refractivity contribution >= 4 is 23.3 Å². The molecule has 0 saturated carbocycles. The third-order valence-electron chi connectivity index (χ3n) is 2.57. The zero-order chi connectivity index (χ0) is 12.4. The van der Waals surface area contributed by atoms with Gasteiger partial charge >= 0.3 is 6.03 Å². The molecule has 0 aromatic carbocycles. The molecule has 17 heavy (non-hydrogen) atoms. The van der Waals surface area contributed by atoms with Crippen molar-refractivity contribution in [1.29, 1.82) is 0 Å². The van der Waals surface area contributed by atoms with E-state index in [4.69, 9.17) is 0 Å². The standard InChI is InChI=1S/C11H13N3O2S/c1-6-8(10(15)12-2)9(14-11(16)13-6)7-4-3-5-17-7/h3-5,9H,1-2H3,(H,12,15)(H2,13,14,16)/t9-/m1/s1. The van der Waals surface area contributed by atoms with E-state index in [0.29, 0.717) is 11.3 Å². The summed E-state index contributed by atoms with van der Waals surface area (Å²) in [6, 6.07) is 3.14. The molecule has 0 unspecified atom stereocenters. The van der Waals surface area contributed by atoms with E-state index in [0.717, 1.165) is 4.88 Å². The van der Waals surface area contributed by atoms with Crippen LogP contribution in [0.15, 0.2) is 28.8 Å². The van der Waals surface area contributed by atoms with E-state index in [2.05, 4.69) is 16.0 Å². The van der Waals surface area contributed by atoms with Gasteiger partial charge in [0, 0.05) is 17.6 Å². The van der Waals surface area contributed by atoms with E-state index in [1.807, 2.05) is 17.5 Å². The van der Waals surface area contributed by atoms with Gasteiger partial charge in [0.05, 0.1) is 11.6 Å². The van der Waals surface area contributed by atoms with Crippen molar-refractivity contribution in [2.75, 3.05) is 7.05 Å². The molecular weight excluding hydrogens is 238 g/mol. The van der Waals surface area contributed by atoms with Crippen LogP contribution < -0.4 is 16.0 Å². The van der Waals surface area contributed by atoms with Gasteiger partial charge in [0.25, 0.3) is 5.91 Å². The number of hydrogen-bond acceptors (Lipinski definition) is 3. The van der Waals surface area contributed by atoms with Gasteiger partial charge in [-0.2, -0.15) is 0 Å². The molecule has 0 radical (unpaired) electrons. The number of allylic oxidation sites excluding steroid dienone is 1. The van der Waals surface area contributed by atoms with Crippen LogP contribution in [0.4, 0.5) is 4.79 Å². The van der Waals surface area contributed by atoms with Crippen LogP contribution in [0.1, 0.15) is 17.8 Å². The third kappa shape index (κ3) is 2.16. The Morgan fingerprint density at radius 1 is 1.53 bits per heavy atom. The largest absolute Gasteiger partial charge is 0.355 e. The molecular formula is C11H13N3O2S. The summed E-state index contributed by atoms with van der Waals surface area (Å²) in [5.41, 5.74) is 1.14. The summed E-state index contributed by atoms with van der Waals surface area (Å²) in [5, 5.41) is 9.87. The van der Waals surface area contributed by atoms with Gasteiger partial charge in [-0.1, -0.05) is 6.07 Å². The quantitative estimate of drug-likeness (QED) is 0.737. The molecule has 0 aliphatic carbocycles. The second-order valence-electron chi connectivity index (χ2n) is 3.66. The van der Waals surface area contributed by atoms with Gasteiger partial charge in [-0.05, 0) is 18.4 Å². The molecule has 0 spiro atoms. The fourth-order valence-electron chi connectivity index (χ4n) is 1.80.